The van der Waals surface area contributed by atoms with Crippen LogP contribution in [0.2, 0.25) is 0 Å². The van der Waals surface area contributed by atoms with E-state index in [2.05, 4.69) is 25.7 Å². The van der Waals surface area contributed by atoms with Crippen molar-refractivity contribution in [2.75, 3.05) is 6.61 Å². The maximum Gasteiger partial charge on any atom is 0.385 e. The van der Waals surface area contributed by atoms with Crippen molar-refractivity contribution in [3.63, 3.8) is 0 Å². The zero-order valence-corrected chi connectivity index (χ0v) is 12.0. The molecule has 1 unspecified atom stereocenters. The lowest BCUT2D eigenvalue weighted by atomic mass is 9.98. The Kier molecular flexibility index (Phi) is 8.36. The topological polar surface area (TPSA) is 37.4 Å². The molecular weight excluding hydrogens is 248 g/mol. The van der Waals surface area contributed by atoms with Crippen molar-refractivity contribution in [3.8, 4) is 0 Å². The summed E-state index contributed by atoms with van der Waals surface area (Å²) in [5.74, 6) is 0.404. The molecule has 100 valence electrons. The van der Waals surface area contributed by atoms with E-state index in [4.69, 9.17) is 10.1 Å². The molecule has 18 heavy (non-hydrogen) atoms. The number of rotatable bonds is 6. The molecule has 0 N–H and O–H groups in total. The highest BCUT2D eigenvalue weighted by molar-refractivity contribution is 5.46. The molecule has 0 aromatic heterocycles. The summed E-state index contributed by atoms with van der Waals surface area (Å²) in [5.41, 5.74) is 1.65. The molecule has 0 spiro atoms. The van der Waals surface area contributed by atoms with Crippen molar-refractivity contribution in [3.05, 3.63) is 34.8 Å². The molecular formula is C14H21ClN2O. The summed E-state index contributed by atoms with van der Waals surface area (Å²) in [6.45, 7) is 7.21. The van der Waals surface area contributed by atoms with Crippen molar-refractivity contribution in [2.45, 2.75) is 39.7 Å². The molecule has 0 bridgehead atoms. The zero-order valence-electron chi connectivity index (χ0n) is 11.3. The number of hydrogen-bond donors (Lipinski definition) is 0. The molecule has 0 saturated heterocycles. The third-order valence-electron chi connectivity index (χ3n) is 2.72. The second-order valence-electron chi connectivity index (χ2n) is 4.58. The Bertz CT molecular complexity index is 388. The van der Waals surface area contributed by atoms with E-state index >= 15 is 0 Å². The van der Waals surface area contributed by atoms with E-state index in [9.17, 15) is 0 Å². The fourth-order valence-corrected chi connectivity index (χ4v) is 1.79. The van der Waals surface area contributed by atoms with Crippen LogP contribution in [-0.4, -0.2) is 6.61 Å². The Morgan fingerprint density at radius 3 is 2.61 bits per heavy atom. The Hall–Kier alpha value is -1.11. The third-order valence-corrected chi connectivity index (χ3v) is 2.72. The number of nitrogens with zero attached hydrogens (tertiary/aromatic N) is 2. The van der Waals surface area contributed by atoms with E-state index in [1.807, 2.05) is 18.2 Å². The van der Waals surface area contributed by atoms with Gasteiger partial charge in [-0.15, -0.1) is 0 Å². The van der Waals surface area contributed by atoms with E-state index in [1.165, 1.54) is 0 Å². The molecule has 1 aromatic carbocycles. The van der Waals surface area contributed by atoms with Crippen LogP contribution in [0.25, 0.3) is 4.98 Å². The van der Waals surface area contributed by atoms with Crippen molar-refractivity contribution in [2.24, 2.45) is 5.92 Å². The van der Waals surface area contributed by atoms with Gasteiger partial charge in [0.05, 0.1) is 6.10 Å². The Morgan fingerprint density at radius 2 is 2.06 bits per heavy atom. The molecule has 1 atom stereocenters. The van der Waals surface area contributed by atoms with E-state index in [0.717, 1.165) is 25.0 Å². The van der Waals surface area contributed by atoms with Gasteiger partial charge in [-0.25, -0.2) is 0 Å². The molecule has 3 nitrogen and oxygen atoms in total. The smallest absolute Gasteiger partial charge is 0.385 e. The van der Waals surface area contributed by atoms with Gasteiger partial charge in [0.25, 0.3) is 0 Å². The monoisotopic (exact) mass is 268 g/mol. The fraction of sp³-hybridized carbons (Fsp3) is 0.571. The average molecular weight is 269 g/mol. The van der Waals surface area contributed by atoms with Crippen molar-refractivity contribution in [1.82, 2.24) is 0 Å². The van der Waals surface area contributed by atoms with Crippen LogP contribution in [0.1, 0.15) is 45.3 Å². The number of halogens is 1. The molecule has 0 saturated carbocycles. The Balaban J connectivity index is 0.00000289. The second-order valence-corrected chi connectivity index (χ2v) is 4.58. The van der Waals surface area contributed by atoms with E-state index in [1.54, 1.807) is 6.07 Å². The second kappa shape index (κ2) is 8.91. The van der Waals surface area contributed by atoms with Crippen LogP contribution in [0, 0.1) is 11.3 Å². The quantitative estimate of drug-likeness (QED) is 0.582. The molecule has 0 aliphatic carbocycles. The minimum absolute atomic E-state index is 0. The summed E-state index contributed by atoms with van der Waals surface area (Å²) in [6.07, 6.45) is 2.28. The highest BCUT2D eigenvalue weighted by atomic mass is 35.5. The predicted molar refractivity (Wildman–Crippen MR) is 69.6 cm³/mol. The fourth-order valence-electron chi connectivity index (χ4n) is 1.79. The maximum atomic E-state index is 8.78. The van der Waals surface area contributed by atoms with Gasteiger partial charge >= 0.3 is 5.69 Å². The van der Waals surface area contributed by atoms with Crippen molar-refractivity contribution < 1.29 is 17.1 Å². The van der Waals surface area contributed by atoms with E-state index < -0.39 is 0 Å². The van der Waals surface area contributed by atoms with Gasteiger partial charge in [-0.3, -0.25) is 0 Å². The molecule has 4 heteroatoms. The van der Waals surface area contributed by atoms with Gasteiger partial charge in [-0.05, 0) is 17.9 Å². The first-order chi connectivity index (χ1) is 8.19. The lowest BCUT2D eigenvalue weighted by molar-refractivity contribution is -0.00000630. The van der Waals surface area contributed by atoms with E-state index in [0.29, 0.717) is 11.6 Å². The van der Waals surface area contributed by atoms with Crippen LogP contribution < -0.4 is 12.4 Å². The number of benzene rings is 1. The van der Waals surface area contributed by atoms with Gasteiger partial charge in [-0.1, -0.05) is 39.3 Å². The summed E-state index contributed by atoms with van der Waals surface area (Å²) < 4.78 is 5.91. The van der Waals surface area contributed by atoms with Gasteiger partial charge in [0, 0.05) is 18.7 Å². The molecule has 0 fully saturated rings. The minimum Gasteiger partial charge on any atom is -1.00 e. The van der Waals surface area contributed by atoms with Gasteiger partial charge in [-0.2, -0.15) is 0 Å². The van der Waals surface area contributed by atoms with Crippen LogP contribution in [0.3, 0.4) is 0 Å². The first-order valence-electron chi connectivity index (χ1n) is 6.25. The van der Waals surface area contributed by atoms with Crippen LogP contribution in [0.15, 0.2) is 24.3 Å². The van der Waals surface area contributed by atoms with Crippen LogP contribution >= 0.6 is 0 Å². The Labute approximate surface area is 116 Å². The van der Waals surface area contributed by atoms with Crippen LogP contribution in [0.4, 0.5) is 5.69 Å². The number of unbranched alkanes of at least 4 members (excludes halogenated alkanes) is 1. The molecule has 0 amide bonds. The largest absolute Gasteiger partial charge is 1.00 e. The summed E-state index contributed by atoms with van der Waals surface area (Å²) >= 11 is 0. The highest BCUT2D eigenvalue weighted by Crippen LogP contribution is 2.28. The molecule has 0 radical (unpaired) electrons. The Morgan fingerprint density at radius 1 is 1.33 bits per heavy atom. The molecule has 1 rings (SSSR count). The average Bonchev–Trinajstić information content (AvgIpc) is 2.34. The van der Waals surface area contributed by atoms with Crippen molar-refractivity contribution >= 4 is 5.69 Å². The molecule has 0 heterocycles. The van der Waals surface area contributed by atoms with E-state index in [-0.39, 0.29) is 18.5 Å². The van der Waals surface area contributed by atoms with Crippen molar-refractivity contribution in [1.29, 1.82) is 5.39 Å². The number of diazo groups is 1. The van der Waals surface area contributed by atoms with Gasteiger partial charge in [0.2, 0.25) is 5.39 Å². The minimum atomic E-state index is 0. The third kappa shape index (κ3) is 5.03. The molecule has 1 aromatic rings. The number of hydrogen-bond acceptors (Lipinski definition) is 2. The summed E-state index contributed by atoms with van der Waals surface area (Å²) in [5, 5.41) is 8.78. The standard InChI is InChI=1S/C14H21N2O.ClH/c1-4-5-9-17-14(11(2)3)12-7-6-8-13(10-12)16-15;/h6-8,10-11,14H,4-5,9H2,1-3H3;1H/q+1;/p-1. The number of ether oxygens (including phenoxy) is 1. The molecule has 0 aliphatic heterocycles. The first-order valence-corrected chi connectivity index (χ1v) is 6.25. The summed E-state index contributed by atoms with van der Waals surface area (Å²) in [4.78, 5) is 3.21. The van der Waals surface area contributed by atoms with Gasteiger partial charge in [0.1, 0.15) is 0 Å². The highest BCUT2D eigenvalue weighted by Gasteiger charge is 2.18. The summed E-state index contributed by atoms with van der Waals surface area (Å²) in [6, 6.07) is 7.55. The lowest BCUT2D eigenvalue weighted by Crippen LogP contribution is -3.00. The van der Waals surface area contributed by atoms with Crippen LogP contribution in [0.5, 0.6) is 0 Å². The SMILES string of the molecule is CCCCOC(c1cccc([N+]#N)c1)C(C)C.[Cl-]. The lowest BCUT2D eigenvalue weighted by Gasteiger charge is -2.21. The zero-order chi connectivity index (χ0) is 12.7. The maximum absolute atomic E-state index is 8.78. The van der Waals surface area contributed by atoms with Gasteiger partial charge in [0.15, 0.2) is 4.98 Å². The molecule has 0 aliphatic rings. The predicted octanol–water partition coefficient (Wildman–Crippen LogP) is 1.69. The normalized spacial score (nSPS) is 11.7. The van der Waals surface area contributed by atoms with Crippen LogP contribution in [-0.2, 0) is 4.74 Å². The summed E-state index contributed by atoms with van der Waals surface area (Å²) in [7, 11) is 0. The van der Waals surface area contributed by atoms with Gasteiger partial charge < -0.3 is 17.1 Å². The first kappa shape index (κ1) is 16.9.